The normalized spacial score (nSPS) is 11.5. The maximum atomic E-state index is 13.1. The van der Waals surface area contributed by atoms with Crippen LogP contribution in [0.5, 0.6) is 5.75 Å². The summed E-state index contributed by atoms with van der Waals surface area (Å²) in [6.07, 6.45) is -4.42. The molecule has 0 unspecified atom stereocenters. The SMILES string of the molecule is Cc1cc(OCc2ccc(C(=O)Nc3c(C)nn(Cc4cccc(C(F)(F)F)c4)c3C)cc2)cc(C)c1Cl. The van der Waals surface area contributed by atoms with E-state index in [1.807, 2.05) is 38.1 Å². The van der Waals surface area contributed by atoms with Crippen LogP contribution in [0, 0.1) is 27.7 Å². The Morgan fingerprint density at radius 2 is 1.63 bits per heavy atom. The van der Waals surface area contributed by atoms with Gasteiger partial charge < -0.3 is 10.1 Å². The number of aromatic nitrogens is 2. The highest BCUT2D eigenvalue weighted by atomic mass is 35.5. The number of aryl methyl sites for hydroxylation is 3. The van der Waals surface area contributed by atoms with E-state index in [9.17, 15) is 18.0 Å². The summed E-state index contributed by atoms with van der Waals surface area (Å²) in [5.74, 6) is 0.408. The van der Waals surface area contributed by atoms with Gasteiger partial charge in [-0.25, -0.2) is 0 Å². The summed E-state index contributed by atoms with van der Waals surface area (Å²) in [4.78, 5) is 12.9. The lowest BCUT2D eigenvalue weighted by Crippen LogP contribution is -2.13. The van der Waals surface area contributed by atoms with Crippen LogP contribution in [-0.4, -0.2) is 15.7 Å². The molecule has 1 aromatic heterocycles. The average molecular weight is 542 g/mol. The van der Waals surface area contributed by atoms with E-state index < -0.39 is 11.7 Å². The number of nitrogens with one attached hydrogen (secondary N) is 1. The monoisotopic (exact) mass is 541 g/mol. The fourth-order valence-electron chi connectivity index (χ4n) is 4.14. The van der Waals surface area contributed by atoms with Crippen LogP contribution in [-0.2, 0) is 19.3 Å². The van der Waals surface area contributed by atoms with Crippen LogP contribution in [0.3, 0.4) is 0 Å². The number of alkyl halides is 3. The molecular weight excluding hydrogens is 515 g/mol. The molecule has 198 valence electrons. The third-order valence-corrected chi connectivity index (χ3v) is 6.83. The van der Waals surface area contributed by atoms with Crippen LogP contribution < -0.4 is 10.1 Å². The molecule has 1 N–H and O–H groups in total. The Morgan fingerprint density at radius 1 is 0.974 bits per heavy atom. The molecule has 0 radical (unpaired) electrons. The standard InChI is InChI=1S/C29H27ClF3N3O2/c1-17-12-25(13-18(2)26(17)30)38-16-21-8-10-23(11-9-21)28(37)34-27-19(3)35-36(20(27)4)15-22-6-5-7-24(14-22)29(31,32)33/h5-14H,15-16H2,1-4H3,(H,34,37). The van der Waals surface area contributed by atoms with Gasteiger partial charge in [-0.1, -0.05) is 35.9 Å². The fourth-order valence-corrected chi connectivity index (χ4v) is 4.25. The van der Waals surface area contributed by atoms with Crippen molar-refractivity contribution in [1.29, 1.82) is 0 Å². The molecule has 9 heteroatoms. The van der Waals surface area contributed by atoms with Gasteiger partial charge >= 0.3 is 6.18 Å². The van der Waals surface area contributed by atoms with Crippen molar-refractivity contribution in [2.45, 2.75) is 47.0 Å². The maximum Gasteiger partial charge on any atom is 0.416 e. The first-order valence-electron chi connectivity index (χ1n) is 11.9. The van der Waals surface area contributed by atoms with Gasteiger partial charge in [-0.2, -0.15) is 18.3 Å². The molecule has 0 aliphatic carbocycles. The second-order valence-corrected chi connectivity index (χ2v) is 9.59. The minimum absolute atomic E-state index is 0.147. The van der Waals surface area contributed by atoms with E-state index in [2.05, 4.69) is 10.4 Å². The zero-order valence-corrected chi connectivity index (χ0v) is 22.2. The summed E-state index contributed by atoms with van der Waals surface area (Å²) in [7, 11) is 0. The van der Waals surface area contributed by atoms with Gasteiger partial charge in [-0.05, 0) is 86.3 Å². The quantitative estimate of drug-likeness (QED) is 0.261. The first kappa shape index (κ1) is 27.3. The van der Waals surface area contributed by atoms with Gasteiger partial charge in [0.05, 0.1) is 29.2 Å². The molecular formula is C29H27ClF3N3O2. The van der Waals surface area contributed by atoms with Crippen molar-refractivity contribution in [2.75, 3.05) is 5.32 Å². The Hall–Kier alpha value is -3.78. The molecule has 0 saturated carbocycles. The van der Waals surface area contributed by atoms with E-state index in [0.29, 0.717) is 34.8 Å². The molecule has 0 aliphatic heterocycles. The maximum absolute atomic E-state index is 13.1. The summed E-state index contributed by atoms with van der Waals surface area (Å²) in [6, 6.07) is 16.0. The first-order valence-corrected chi connectivity index (χ1v) is 12.3. The lowest BCUT2D eigenvalue weighted by Gasteiger charge is -2.11. The van der Waals surface area contributed by atoms with Gasteiger partial charge in [-0.3, -0.25) is 9.48 Å². The molecule has 0 saturated heterocycles. The third-order valence-electron chi connectivity index (χ3n) is 6.24. The number of nitrogens with zero attached hydrogens (tertiary/aromatic N) is 2. The van der Waals surface area contributed by atoms with E-state index >= 15 is 0 Å². The fraction of sp³-hybridized carbons (Fsp3) is 0.241. The van der Waals surface area contributed by atoms with Crippen LogP contribution in [0.4, 0.5) is 18.9 Å². The molecule has 4 rings (SSSR count). The van der Waals surface area contributed by atoms with Gasteiger partial charge in [0, 0.05) is 10.6 Å². The number of carbonyl (C=O) groups is 1. The van der Waals surface area contributed by atoms with Crippen LogP contribution >= 0.6 is 11.6 Å². The zero-order chi connectivity index (χ0) is 27.6. The van der Waals surface area contributed by atoms with Gasteiger partial charge in [0.25, 0.3) is 5.91 Å². The molecule has 0 fully saturated rings. The number of rotatable bonds is 7. The summed E-state index contributed by atoms with van der Waals surface area (Å²) in [6.45, 7) is 7.84. The molecule has 0 spiro atoms. The highest BCUT2D eigenvalue weighted by molar-refractivity contribution is 6.32. The highest BCUT2D eigenvalue weighted by Gasteiger charge is 2.30. The van der Waals surface area contributed by atoms with E-state index in [1.165, 1.54) is 6.07 Å². The molecule has 0 atom stereocenters. The topological polar surface area (TPSA) is 56.1 Å². The largest absolute Gasteiger partial charge is 0.489 e. The van der Waals surface area contributed by atoms with Crippen molar-refractivity contribution in [3.63, 3.8) is 0 Å². The minimum Gasteiger partial charge on any atom is -0.489 e. The van der Waals surface area contributed by atoms with Crippen molar-refractivity contribution in [3.8, 4) is 5.75 Å². The molecule has 5 nitrogen and oxygen atoms in total. The van der Waals surface area contributed by atoms with Crippen molar-refractivity contribution in [1.82, 2.24) is 9.78 Å². The number of hydrogen-bond acceptors (Lipinski definition) is 3. The predicted octanol–water partition coefficient (Wildman–Crippen LogP) is 7.67. The number of ether oxygens (including phenoxy) is 1. The molecule has 1 heterocycles. The number of amides is 1. The van der Waals surface area contributed by atoms with Crippen LogP contribution in [0.15, 0.2) is 60.7 Å². The van der Waals surface area contributed by atoms with Crippen molar-refractivity contribution >= 4 is 23.2 Å². The van der Waals surface area contributed by atoms with Crippen LogP contribution in [0.25, 0.3) is 0 Å². The number of carbonyl (C=O) groups excluding carboxylic acids is 1. The van der Waals surface area contributed by atoms with E-state index in [0.717, 1.165) is 39.6 Å². The Morgan fingerprint density at radius 3 is 2.26 bits per heavy atom. The zero-order valence-electron chi connectivity index (χ0n) is 21.4. The van der Waals surface area contributed by atoms with Gasteiger partial charge in [0.2, 0.25) is 0 Å². The van der Waals surface area contributed by atoms with Crippen molar-refractivity contribution in [2.24, 2.45) is 0 Å². The predicted molar refractivity (Wildman–Crippen MR) is 142 cm³/mol. The number of benzene rings is 3. The smallest absolute Gasteiger partial charge is 0.416 e. The van der Waals surface area contributed by atoms with Gasteiger partial charge in [0.1, 0.15) is 12.4 Å². The summed E-state index contributed by atoms with van der Waals surface area (Å²) in [5, 5.41) is 8.03. The van der Waals surface area contributed by atoms with Crippen molar-refractivity contribution in [3.05, 3.63) is 110 Å². The first-order chi connectivity index (χ1) is 17.9. The molecule has 38 heavy (non-hydrogen) atoms. The summed E-state index contributed by atoms with van der Waals surface area (Å²) in [5.41, 5.74) is 4.73. The summed E-state index contributed by atoms with van der Waals surface area (Å²) >= 11 is 6.21. The second kappa shape index (κ2) is 10.9. The van der Waals surface area contributed by atoms with Crippen LogP contribution in [0.1, 0.15) is 49.6 Å². The molecule has 4 aromatic rings. The molecule has 0 aliphatic rings. The number of hydrogen-bond donors (Lipinski definition) is 1. The lowest BCUT2D eigenvalue weighted by atomic mass is 10.1. The Balaban J connectivity index is 1.42. The van der Waals surface area contributed by atoms with Crippen molar-refractivity contribution < 1.29 is 22.7 Å². The molecule has 3 aromatic carbocycles. The molecule has 1 amide bonds. The Bertz CT molecular complexity index is 1450. The lowest BCUT2D eigenvalue weighted by molar-refractivity contribution is -0.137. The third kappa shape index (κ3) is 6.19. The Labute approximate surface area is 224 Å². The highest BCUT2D eigenvalue weighted by Crippen LogP contribution is 2.30. The van der Waals surface area contributed by atoms with E-state index in [-0.39, 0.29) is 12.5 Å². The van der Waals surface area contributed by atoms with E-state index in [4.69, 9.17) is 16.3 Å². The van der Waals surface area contributed by atoms with Crippen LogP contribution in [0.2, 0.25) is 5.02 Å². The molecule has 0 bridgehead atoms. The van der Waals surface area contributed by atoms with E-state index in [1.54, 1.807) is 36.7 Å². The van der Waals surface area contributed by atoms with Gasteiger partial charge in [0.15, 0.2) is 0 Å². The van der Waals surface area contributed by atoms with Gasteiger partial charge in [-0.15, -0.1) is 0 Å². The average Bonchev–Trinajstić information content (AvgIpc) is 3.13. The summed E-state index contributed by atoms with van der Waals surface area (Å²) < 4.78 is 46.7. The number of anilines is 1. The minimum atomic E-state index is -4.42. The number of halogens is 4. The second-order valence-electron chi connectivity index (χ2n) is 9.21. The Kier molecular flexibility index (Phi) is 7.83.